The number of ether oxygens (including phenoxy) is 2. The van der Waals surface area contributed by atoms with Gasteiger partial charge >= 0.3 is 5.91 Å². The molecule has 1 fully saturated rings. The van der Waals surface area contributed by atoms with Crippen LogP contribution in [0.2, 0.25) is 0 Å². The van der Waals surface area contributed by atoms with Crippen LogP contribution >= 0.6 is 11.3 Å². The van der Waals surface area contributed by atoms with Crippen molar-refractivity contribution in [3.05, 3.63) is 83.2 Å². The van der Waals surface area contributed by atoms with Gasteiger partial charge in [-0.1, -0.05) is 37.3 Å². The first-order valence-electron chi connectivity index (χ1n) is 13.3. The number of aromatic nitrogens is 2. The van der Waals surface area contributed by atoms with Crippen LogP contribution in [-0.2, 0) is 9.59 Å². The molecule has 8 nitrogen and oxygen atoms in total. The number of nitrogens with zero attached hydrogens (tertiary/aromatic N) is 3. The predicted octanol–water partition coefficient (Wildman–Crippen LogP) is 6.45. The molecule has 1 unspecified atom stereocenters. The van der Waals surface area contributed by atoms with Gasteiger partial charge in [0, 0.05) is 18.0 Å². The van der Waals surface area contributed by atoms with E-state index < -0.39 is 17.7 Å². The highest BCUT2D eigenvalue weighted by atomic mass is 32.1. The van der Waals surface area contributed by atoms with Gasteiger partial charge in [-0.3, -0.25) is 19.5 Å². The Labute approximate surface area is 236 Å². The largest absolute Gasteiger partial charge is 0.507 e. The first-order valence-corrected chi connectivity index (χ1v) is 14.1. The van der Waals surface area contributed by atoms with Crippen molar-refractivity contribution in [1.29, 1.82) is 0 Å². The Balaban J connectivity index is 1.66. The Kier molecular flexibility index (Phi) is 7.84. The number of aliphatic hydroxyl groups excluding tert-OH is 1. The van der Waals surface area contributed by atoms with Gasteiger partial charge in [0.25, 0.3) is 5.78 Å². The van der Waals surface area contributed by atoms with Crippen molar-refractivity contribution in [3.63, 3.8) is 0 Å². The van der Waals surface area contributed by atoms with Crippen LogP contribution in [0.25, 0.3) is 16.0 Å². The van der Waals surface area contributed by atoms with Gasteiger partial charge in [0.2, 0.25) is 0 Å². The number of pyridine rings is 1. The van der Waals surface area contributed by atoms with Gasteiger partial charge in [0.1, 0.15) is 5.76 Å². The summed E-state index contributed by atoms with van der Waals surface area (Å²) in [7, 11) is 0. The van der Waals surface area contributed by atoms with Gasteiger partial charge in [0.15, 0.2) is 16.6 Å². The molecule has 40 heavy (non-hydrogen) atoms. The Morgan fingerprint density at radius 2 is 1.82 bits per heavy atom. The lowest BCUT2D eigenvalue weighted by atomic mass is 9.95. The summed E-state index contributed by atoms with van der Waals surface area (Å²) in [4.78, 5) is 37.2. The number of benzene rings is 2. The van der Waals surface area contributed by atoms with E-state index in [1.54, 1.807) is 30.3 Å². The standard InChI is InChI=1S/C31H31N3O5S/c1-5-38-24-17-21(7-9-23(24)39-15-12-18(2)3)27-26(28(35)20-10-13-32-14-11-20)29(36)30(37)34(27)31-33-22-8-6-19(4)16-25(22)40-31/h6-11,13-14,16-18,27,35H,5,12,15H2,1-4H3. The third-order valence-corrected chi connectivity index (χ3v) is 7.69. The Morgan fingerprint density at radius 1 is 1.05 bits per heavy atom. The maximum Gasteiger partial charge on any atom is 0.301 e. The van der Waals surface area contributed by atoms with Crippen LogP contribution in [0.3, 0.4) is 0 Å². The predicted molar refractivity (Wildman–Crippen MR) is 156 cm³/mol. The molecular weight excluding hydrogens is 526 g/mol. The van der Waals surface area contributed by atoms with Gasteiger partial charge in [-0.2, -0.15) is 0 Å². The highest BCUT2D eigenvalue weighted by molar-refractivity contribution is 7.22. The van der Waals surface area contributed by atoms with Gasteiger partial charge in [-0.25, -0.2) is 4.98 Å². The van der Waals surface area contributed by atoms with E-state index in [0.29, 0.717) is 46.9 Å². The van der Waals surface area contributed by atoms with Crippen LogP contribution in [0, 0.1) is 12.8 Å². The third kappa shape index (κ3) is 5.29. The first kappa shape index (κ1) is 27.3. The van der Waals surface area contributed by atoms with Crippen molar-refractivity contribution in [2.45, 2.75) is 40.2 Å². The van der Waals surface area contributed by atoms with Gasteiger partial charge in [-0.05, 0) is 73.7 Å². The molecule has 4 aromatic rings. The van der Waals surface area contributed by atoms with Crippen molar-refractivity contribution in [2.24, 2.45) is 5.92 Å². The summed E-state index contributed by atoms with van der Waals surface area (Å²) >= 11 is 1.33. The number of fused-ring (bicyclic) bond motifs is 1. The highest BCUT2D eigenvalue weighted by Crippen LogP contribution is 2.46. The summed E-state index contributed by atoms with van der Waals surface area (Å²) in [5.41, 5.74) is 2.74. The normalized spacial score (nSPS) is 16.7. The van der Waals surface area contributed by atoms with Crippen LogP contribution in [0.5, 0.6) is 11.5 Å². The number of aryl methyl sites for hydroxylation is 1. The maximum absolute atomic E-state index is 13.6. The number of amides is 1. The fraction of sp³-hybridized carbons (Fsp3) is 0.290. The minimum absolute atomic E-state index is 0.0254. The van der Waals surface area contributed by atoms with E-state index in [-0.39, 0.29) is 11.3 Å². The lowest BCUT2D eigenvalue weighted by Gasteiger charge is -2.24. The van der Waals surface area contributed by atoms with E-state index in [9.17, 15) is 14.7 Å². The summed E-state index contributed by atoms with van der Waals surface area (Å²) in [5.74, 6) is -0.261. The molecule has 5 rings (SSSR count). The molecule has 0 aliphatic carbocycles. The van der Waals surface area contributed by atoms with Gasteiger partial charge in [0.05, 0.1) is 35.0 Å². The third-order valence-electron chi connectivity index (χ3n) is 6.67. The van der Waals surface area contributed by atoms with Crippen LogP contribution < -0.4 is 14.4 Å². The fourth-order valence-corrected chi connectivity index (χ4v) is 5.71. The molecule has 2 aromatic heterocycles. The zero-order valence-corrected chi connectivity index (χ0v) is 23.7. The number of aliphatic hydroxyl groups is 1. The van der Waals surface area contributed by atoms with Gasteiger partial charge < -0.3 is 14.6 Å². The van der Waals surface area contributed by atoms with E-state index in [4.69, 9.17) is 14.5 Å². The van der Waals surface area contributed by atoms with Crippen LogP contribution in [0.1, 0.15) is 49.9 Å². The van der Waals surface area contributed by atoms with E-state index in [1.807, 2.05) is 32.0 Å². The van der Waals surface area contributed by atoms with E-state index >= 15 is 0 Å². The monoisotopic (exact) mass is 557 g/mol. The number of thiazole rings is 1. The highest BCUT2D eigenvalue weighted by Gasteiger charge is 2.48. The molecule has 1 N–H and O–H groups in total. The quantitative estimate of drug-likeness (QED) is 0.143. The second-order valence-corrected chi connectivity index (χ2v) is 11.1. The molecule has 1 amide bonds. The van der Waals surface area contributed by atoms with Crippen LogP contribution in [-0.4, -0.2) is 40.0 Å². The topological polar surface area (TPSA) is 102 Å². The molecule has 1 aliphatic rings. The molecule has 9 heteroatoms. The number of anilines is 1. The molecular formula is C31H31N3O5S. The summed E-state index contributed by atoms with van der Waals surface area (Å²) in [6.07, 6.45) is 3.93. The number of carbonyl (C=O) groups excluding carboxylic acids is 2. The van der Waals surface area contributed by atoms with E-state index in [2.05, 4.69) is 18.8 Å². The van der Waals surface area contributed by atoms with Crippen LogP contribution in [0.15, 0.2) is 66.5 Å². The number of ketones is 1. The van der Waals surface area contributed by atoms with E-state index in [0.717, 1.165) is 22.2 Å². The molecule has 1 atom stereocenters. The molecule has 0 saturated carbocycles. The van der Waals surface area contributed by atoms with Crippen molar-refractivity contribution in [2.75, 3.05) is 18.1 Å². The number of carbonyl (C=O) groups is 2. The van der Waals surface area contributed by atoms with Crippen molar-refractivity contribution >= 4 is 44.1 Å². The van der Waals surface area contributed by atoms with E-state index in [1.165, 1.54) is 28.6 Å². The van der Waals surface area contributed by atoms with Crippen LogP contribution in [0.4, 0.5) is 5.13 Å². The molecule has 0 radical (unpaired) electrons. The molecule has 0 spiro atoms. The minimum Gasteiger partial charge on any atom is -0.507 e. The number of Topliss-reactive ketones (excluding diaryl/α,β-unsaturated/α-hetero) is 1. The number of hydrogen-bond acceptors (Lipinski definition) is 8. The molecule has 1 aliphatic heterocycles. The first-order chi connectivity index (χ1) is 19.3. The Morgan fingerprint density at radius 3 is 2.55 bits per heavy atom. The molecule has 3 heterocycles. The molecule has 1 saturated heterocycles. The number of hydrogen-bond donors (Lipinski definition) is 1. The molecule has 0 bridgehead atoms. The molecule has 206 valence electrons. The lowest BCUT2D eigenvalue weighted by Crippen LogP contribution is -2.29. The SMILES string of the molecule is CCOc1cc(C2C(=C(O)c3ccncc3)C(=O)C(=O)N2c2nc3ccc(C)cc3s2)ccc1OCCC(C)C. The van der Waals surface area contributed by atoms with Crippen molar-refractivity contribution < 1.29 is 24.2 Å². The fourth-order valence-electron chi connectivity index (χ4n) is 4.62. The summed E-state index contributed by atoms with van der Waals surface area (Å²) in [6, 6.07) is 13.5. The number of rotatable bonds is 9. The summed E-state index contributed by atoms with van der Waals surface area (Å²) in [6.45, 7) is 9.06. The zero-order valence-electron chi connectivity index (χ0n) is 22.9. The minimum atomic E-state index is -0.932. The average molecular weight is 558 g/mol. The lowest BCUT2D eigenvalue weighted by molar-refractivity contribution is -0.132. The summed E-state index contributed by atoms with van der Waals surface area (Å²) < 4.78 is 12.8. The zero-order chi connectivity index (χ0) is 28.4. The Bertz CT molecular complexity index is 1600. The van der Waals surface area contributed by atoms with Gasteiger partial charge in [-0.15, -0.1) is 0 Å². The maximum atomic E-state index is 13.6. The Hall–Kier alpha value is -4.24. The second kappa shape index (κ2) is 11.5. The van der Waals surface area contributed by atoms with Crippen molar-refractivity contribution in [1.82, 2.24) is 9.97 Å². The average Bonchev–Trinajstić information content (AvgIpc) is 3.47. The second-order valence-electron chi connectivity index (χ2n) is 10.0. The molecule has 2 aromatic carbocycles. The smallest absolute Gasteiger partial charge is 0.301 e. The van der Waals surface area contributed by atoms with Crippen molar-refractivity contribution in [3.8, 4) is 11.5 Å². The summed E-state index contributed by atoms with van der Waals surface area (Å²) in [5, 5.41) is 11.7.